The molecular weight excluding hydrogens is 432 g/mol. The highest BCUT2D eigenvalue weighted by Crippen LogP contribution is 2.44. The Morgan fingerprint density at radius 1 is 1.33 bits per heavy atom. The van der Waals surface area contributed by atoms with Gasteiger partial charge in [-0.3, -0.25) is 9.89 Å². The van der Waals surface area contributed by atoms with Crippen molar-refractivity contribution in [1.29, 1.82) is 0 Å². The summed E-state index contributed by atoms with van der Waals surface area (Å²) in [6, 6.07) is 8.21. The Hall–Kier alpha value is -3.46. The lowest BCUT2D eigenvalue weighted by Gasteiger charge is -2.26. The van der Waals surface area contributed by atoms with Crippen molar-refractivity contribution in [3.63, 3.8) is 0 Å². The number of methoxy groups -OCH3 is 1. The highest BCUT2D eigenvalue weighted by atomic mass is 19.1. The van der Waals surface area contributed by atoms with Crippen molar-refractivity contribution in [2.24, 2.45) is 0 Å². The normalized spacial score (nSPS) is 15.8. The highest BCUT2D eigenvalue weighted by Gasteiger charge is 2.32. The van der Waals surface area contributed by atoms with E-state index in [1.54, 1.807) is 18.3 Å². The predicted octanol–water partition coefficient (Wildman–Crippen LogP) is 5.03. The largest absolute Gasteiger partial charge is 0.494 e. The summed E-state index contributed by atoms with van der Waals surface area (Å²) < 4.78 is 42.5. The molecule has 1 aliphatic heterocycles. The average molecular weight is 455 g/mol. The zero-order valence-corrected chi connectivity index (χ0v) is 18.0. The van der Waals surface area contributed by atoms with E-state index in [-0.39, 0.29) is 11.7 Å². The average Bonchev–Trinajstić information content (AvgIpc) is 3.39. The van der Waals surface area contributed by atoms with E-state index in [0.717, 1.165) is 10.9 Å². The van der Waals surface area contributed by atoms with Crippen LogP contribution < -0.4 is 4.74 Å². The minimum atomic E-state index is -1.72. The third-order valence-electron chi connectivity index (χ3n) is 6.27. The van der Waals surface area contributed by atoms with Crippen LogP contribution in [0.4, 0.5) is 8.78 Å². The molecule has 0 saturated carbocycles. The Morgan fingerprint density at radius 3 is 2.85 bits per heavy atom. The molecule has 0 amide bonds. The fourth-order valence-corrected chi connectivity index (χ4v) is 4.79. The molecule has 0 radical (unpaired) electrons. The first-order chi connectivity index (χ1) is 16.0. The summed E-state index contributed by atoms with van der Waals surface area (Å²) >= 11 is 0. The van der Waals surface area contributed by atoms with E-state index < -0.39 is 24.4 Å². The molecule has 1 aliphatic rings. The van der Waals surface area contributed by atoms with Crippen LogP contribution >= 0.6 is 0 Å². The first kappa shape index (κ1) is 21.4. The monoisotopic (exact) mass is 455 g/mol. The highest BCUT2D eigenvalue weighted by molar-refractivity contribution is 5.99. The molecule has 9 heteroatoms. The van der Waals surface area contributed by atoms with Crippen molar-refractivity contribution in [1.82, 2.24) is 14.8 Å². The number of fused-ring (bicyclic) bond motifs is 2. The van der Waals surface area contributed by atoms with E-state index in [0.29, 0.717) is 53.9 Å². The van der Waals surface area contributed by atoms with Crippen LogP contribution in [0, 0.1) is 5.82 Å². The number of nitrogens with zero attached hydrogens (tertiary/aromatic N) is 2. The Labute approximate surface area is 187 Å². The lowest BCUT2D eigenvalue weighted by Crippen LogP contribution is -2.19. The molecule has 2 aromatic heterocycles. The van der Waals surface area contributed by atoms with Crippen molar-refractivity contribution >= 4 is 27.8 Å². The molecule has 0 aliphatic carbocycles. The molecule has 172 valence electrons. The lowest BCUT2D eigenvalue weighted by molar-refractivity contribution is -0.138. The maximum absolute atomic E-state index is 15.7. The molecule has 0 bridgehead atoms. The van der Waals surface area contributed by atoms with Gasteiger partial charge in [-0.1, -0.05) is 0 Å². The minimum Gasteiger partial charge on any atom is -0.494 e. The van der Waals surface area contributed by atoms with Crippen LogP contribution in [-0.4, -0.2) is 46.2 Å². The minimum absolute atomic E-state index is 0.0549. The summed E-state index contributed by atoms with van der Waals surface area (Å²) in [6.45, 7) is 1.05. The summed E-state index contributed by atoms with van der Waals surface area (Å²) in [5.41, 5.74) is 3.06. The number of benzene rings is 2. The number of halogens is 2. The number of aliphatic carboxylic acids is 1. The molecule has 2 aromatic carbocycles. The van der Waals surface area contributed by atoms with Crippen molar-refractivity contribution in [3.8, 4) is 11.4 Å². The van der Waals surface area contributed by atoms with Crippen molar-refractivity contribution < 1.29 is 28.2 Å². The van der Waals surface area contributed by atoms with E-state index in [9.17, 15) is 14.3 Å². The molecule has 1 fully saturated rings. The number of carboxylic acid groups (broad SMARTS) is 1. The Morgan fingerprint density at radius 2 is 2.12 bits per heavy atom. The summed E-state index contributed by atoms with van der Waals surface area (Å²) in [6.07, 6.45) is 0.645. The first-order valence-corrected chi connectivity index (χ1v) is 10.8. The number of hydrogen-bond donors (Lipinski definition) is 2. The van der Waals surface area contributed by atoms with Gasteiger partial charge in [-0.2, -0.15) is 5.10 Å². The van der Waals surface area contributed by atoms with Gasteiger partial charge in [0.1, 0.15) is 6.17 Å². The van der Waals surface area contributed by atoms with Crippen LogP contribution in [0.1, 0.15) is 42.6 Å². The van der Waals surface area contributed by atoms with Gasteiger partial charge in [0, 0.05) is 52.9 Å². The zero-order valence-electron chi connectivity index (χ0n) is 18.0. The van der Waals surface area contributed by atoms with Crippen LogP contribution in [0.5, 0.6) is 5.75 Å². The van der Waals surface area contributed by atoms with Gasteiger partial charge in [0.15, 0.2) is 11.6 Å². The molecule has 1 atom stereocenters. The van der Waals surface area contributed by atoms with E-state index in [2.05, 4.69) is 10.2 Å². The number of hydrogen-bond acceptors (Lipinski definition) is 4. The lowest BCUT2D eigenvalue weighted by atomic mass is 9.90. The number of H-pyrrole nitrogens is 1. The number of alkyl halides is 1. The molecule has 7 nitrogen and oxygen atoms in total. The number of aromatic nitrogens is 3. The molecule has 5 rings (SSSR count). The van der Waals surface area contributed by atoms with E-state index in [1.807, 2.05) is 16.7 Å². The van der Waals surface area contributed by atoms with Crippen molar-refractivity contribution in [3.05, 3.63) is 53.6 Å². The fourth-order valence-electron chi connectivity index (χ4n) is 4.79. The van der Waals surface area contributed by atoms with E-state index in [1.165, 1.54) is 13.2 Å². The number of carbonyl (C=O) groups is 1. The molecule has 33 heavy (non-hydrogen) atoms. The second-order valence-electron chi connectivity index (χ2n) is 8.23. The van der Waals surface area contributed by atoms with Crippen LogP contribution in [0.25, 0.3) is 27.5 Å². The van der Waals surface area contributed by atoms with Crippen LogP contribution in [0.2, 0.25) is 0 Å². The number of aromatic amines is 1. The van der Waals surface area contributed by atoms with Crippen LogP contribution in [-0.2, 0) is 9.53 Å². The van der Waals surface area contributed by atoms with Crippen molar-refractivity contribution in [2.45, 2.75) is 31.4 Å². The summed E-state index contributed by atoms with van der Waals surface area (Å²) in [5.74, 6) is -1.70. The van der Waals surface area contributed by atoms with Crippen LogP contribution in [0.3, 0.4) is 0 Å². The predicted molar refractivity (Wildman–Crippen MR) is 118 cm³/mol. The SMILES string of the molecule is COc1cc(-n2c(C3CCOCC3)c([C@@H](F)CC(=O)O)c3cc4[nH]ncc4cc32)ccc1F. The van der Waals surface area contributed by atoms with Gasteiger partial charge in [-0.05, 0) is 37.1 Å². The van der Waals surface area contributed by atoms with E-state index >= 15 is 4.39 Å². The zero-order chi connectivity index (χ0) is 23.1. The Bertz CT molecular complexity index is 1340. The molecule has 0 unspecified atom stereocenters. The van der Waals surface area contributed by atoms with Gasteiger partial charge >= 0.3 is 5.97 Å². The van der Waals surface area contributed by atoms with Crippen LogP contribution in [0.15, 0.2) is 36.5 Å². The van der Waals surface area contributed by atoms with Gasteiger partial charge in [0.2, 0.25) is 0 Å². The van der Waals surface area contributed by atoms with Crippen molar-refractivity contribution in [2.75, 3.05) is 20.3 Å². The molecular formula is C24H23F2N3O4. The maximum atomic E-state index is 15.7. The third-order valence-corrected chi connectivity index (χ3v) is 6.27. The Balaban J connectivity index is 1.87. The van der Waals surface area contributed by atoms with E-state index in [4.69, 9.17) is 9.47 Å². The summed E-state index contributed by atoms with van der Waals surface area (Å²) in [5, 5.41) is 17.7. The smallest absolute Gasteiger partial charge is 0.306 e. The molecule has 2 N–H and O–H groups in total. The quantitative estimate of drug-likeness (QED) is 0.426. The first-order valence-electron chi connectivity index (χ1n) is 10.8. The van der Waals surface area contributed by atoms with Gasteiger partial charge in [0.05, 0.1) is 30.8 Å². The number of ether oxygens (including phenoxy) is 2. The molecule has 0 spiro atoms. The maximum Gasteiger partial charge on any atom is 0.306 e. The second-order valence-corrected chi connectivity index (χ2v) is 8.23. The molecule has 3 heterocycles. The second kappa shape index (κ2) is 8.47. The third kappa shape index (κ3) is 3.72. The summed E-state index contributed by atoms with van der Waals surface area (Å²) in [7, 11) is 1.39. The standard InChI is InChI=1S/C24H23F2N3O4/c1-32-21-9-15(2-3-17(21)25)29-20-8-14-12-27-28-19(14)10-16(20)23(18(26)11-22(30)31)24(29)13-4-6-33-7-5-13/h2-3,8-10,12-13,18H,4-7,11H2,1H3,(H,27,28)(H,30,31)/t18-/m0/s1. The fraction of sp³-hybridized carbons (Fsp3) is 0.333. The molecule has 1 saturated heterocycles. The number of nitrogens with one attached hydrogen (secondary N) is 1. The number of rotatable bonds is 6. The Kier molecular flexibility index (Phi) is 5.49. The summed E-state index contributed by atoms with van der Waals surface area (Å²) in [4.78, 5) is 11.4. The van der Waals surface area contributed by atoms with Gasteiger partial charge in [-0.25, -0.2) is 8.78 Å². The topological polar surface area (TPSA) is 89.4 Å². The van der Waals surface area contributed by atoms with Gasteiger partial charge in [-0.15, -0.1) is 0 Å². The molecule has 4 aromatic rings. The van der Waals surface area contributed by atoms with Gasteiger partial charge < -0.3 is 19.1 Å². The van der Waals surface area contributed by atoms with Gasteiger partial charge in [0.25, 0.3) is 0 Å². The number of carboxylic acids is 1.